The highest BCUT2D eigenvalue weighted by molar-refractivity contribution is 6.03. The lowest BCUT2D eigenvalue weighted by atomic mass is 9.70. The molecule has 1 aliphatic heterocycles. The fraction of sp³-hybridized carbons (Fsp3) is 0.400. The van der Waals surface area contributed by atoms with Crippen molar-refractivity contribution >= 4 is 11.8 Å². The van der Waals surface area contributed by atoms with Crippen molar-refractivity contribution in [1.29, 1.82) is 0 Å². The van der Waals surface area contributed by atoms with Gasteiger partial charge in [-0.15, -0.1) is 0 Å². The van der Waals surface area contributed by atoms with Gasteiger partial charge in [0.25, 0.3) is 0 Å². The molecule has 2 N–H and O–H groups in total. The number of hydrogen-bond donors (Lipinski definition) is 1. The first-order valence-electron chi connectivity index (χ1n) is 8.70. The number of halogens is 2. The number of ketones is 1. The smallest absolute Gasteiger partial charge is 0.340 e. The number of allylic oxidation sites excluding steroid dienone is 2. The van der Waals surface area contributed by atoms with Crippen molar-refractivity contribution in [2.75, 3.05) is 6.61 Å². The predicted molar refractivity (Wildman–Crippen MR) is 93.1 cm³/mol. The fourth-order valence-corrected chi connectivity index (χ4v) is 3.62. The lowest BCUT2D eigenvalue weighted by Crippen LogP contribution is -2.35. The first-order chi connectivity index (χ1) is 12.6. The van der Waals surface area contributed by atoms with E-state index in [-0.39, 0.29) is 46.8 Å². The van der Waals surface area contributed by atoms with Crippen LogP contribution in [0.1, 0.15) is 45.1 Å². The first-order valence-corrected chi connectivity index (χ1v) is 8.70. The number of Topliss-reactive ketones (excluding diaryl/α,β-unsaturated/α-hetero) is 1. The van der Waals surface area contributed by atoms with Crippen LogP contribution in [-0.4, -0.2) is 18.4 Å². The van der Waals surface area contributed by atoms with E-state index in [0.717, 1.165) is 12.1 Å². The summed E-state index contributed by atoms with van der Waals surface area (Å²) in [5.41, 5.74) is 6.07. The number of carbonyl (C=O) groups excluding carboxylic acids is 2. The molecule has 1 heterocycles. The van der Waals surface area contributed by atoms with E-state index in [1.807, 2.05) is 13.8 Å². The molecule has 1 atom stereocenters. The van der Waals surface area contributed by atoms with Crippen molar-refractivity contribution in [1.82, 2.24) is 0 Å². The van der Waals surface area contributed by atoms with Crippen molar-refractivity contribution in [3.63, 3.8) is 0 Å². The third-order valence-electron chi connectivity index (χ3n) is 4.73. The second-order valence-electron chi connectivity index (χ2n) is 7.48. The number of benzene rings is 1. The molecule has 27 heavy (non-hydrogen) atoms. The maximum Gasteiger partial charge on any atom is 0.340 e. The Morgan fingerprint density at radius 1 is 1.30 bits per heavy atom. The van der Waals surface area contributed by atoms with E-state index in [1.165, 1.54) is 6.07 Å². The number of hydrogen-bond acceptors (Lipinski definition) is 5. The molecule has 0 amide bonds. The quantitative estimate of drug-likeness (QED) is 0.816. The maximum absolute atomic E-state index is 13.9. The average molecular weight is 377 g/mol. The van der Waals surface area contributed by atoms with Gasteiger partial charge in [0.05, 0.1) is 12.5 Å². The molecule has 3 rings (SSSR count). The summed E-state index contributed by atoms with van der Waals surface area (Å²) in [6, 6.07) is 3.25. The van der Waals surface area contributed by atoms with E-state index in [1.54, 1.807) is 6.92 Å². The summed E-state index contributed by atoms with van der Waals surface area (Å²) in [4.78, 5) is 25.4. The van der Waals surface area contributed by atoms with Crippen molar-refractivity contribution in [2.45, 2.75) is 39.5 Å². The molecule has 7 heteroatoms. The van der Waals surface area contributed by atoms with Crippen LogP contribution in [0.15, 0.2) is 41.0 Å². The van der Waals surface area contributed by atoms with Crippen molar-refractivity contribution in [3.05, 3.63) is 58.2 Å². The second kappa shape index (κ2) is 6.79. The molecular formula is C20H21F2NO4. The summed E-state index contributed by atoms with van der Waals surface area (Å²) in [7, 11) is 0. The zero-order valence-corrected chi connectivity index (χ0v) is 15.4. The largest absolute Gasteiger partial charge is 0.462 e. The van der Waals surface area contributed by atoms with Gasteiger partial charge in [0.1, 0.15) is 11.3 Å². The van der Waals surface area contributed by atoms with Crippen LogP contribution in [-0.2, 0) is 19.1 Å². The third kappa shape index (κ3) is 3.46. The molecule has 1 aromatic carbocycles. The third-order valence-corrected chi connectivity index (χ3v) is 4.73. The van der Waals surface area contributed by atoms with E-state index < -0.39 is 23.5 Å². The van der Waals surface area contributed by atoms with Crippen molar-refractivity contribution < 1.29 is 27.8 Å². The molecule has 5 nitrogen and oxygen atoms in total. The normalized spacial score (nSPS) is 21.7. The molecule has 144 valence electrons. The number of nitrogens with two attached hydrogens (primary N) is 1. The SMILES string of the molecule is CCOC(=O)C1=C(N)OC2=C(C(=O)CC(C)(C)C2)C1c1ccc(F)c(F)c1. The molecule has 0 bridgehead atoms. The molecule has 0 saturated heterocycles. The van der Waals surface area contributed by atoms with Gasteiger partial charge < -0.3 is 15.2 Å². The van der Waals surface area contributed by atoms with Crippen molar-refractivity contribution in [3.8, 4) is 0 Å². The van der Waals surface area contributed by atoms with Crippen LogP contribution in [0.5, 0.6) is 0 Å². The molecule has 1 aliphatic carbocycles. The zero-order chi connectivity index (χ0) is 19.9. The Morgan fingerprint density at radius 2 is 2.00 bits per heavy atom. The van der Waals surface area contributed by atoms with Gasteiger partial charge in [0.2, 0.25) is 5.88 Å². The van der Waals surface area contributed by atoms with Gasteiger partial charge in [0.15, 0.2) is 17.4 Å². The van der Waals surface area contributed by atoms with Crippen LogP contribution in [0.2, 0.25) is 0 Å². The van der Waals surface area contributed by atoms with E-state index in [0.29, 0.717) is 12.2 Å². The zero-order valence-electron chi connectivity index (χ0n) is 15.4. The molecule has 1 unspecified atom stereocenters. The van der Waals surface area contributed by atoms with Crippen LogP contribution >= 0.6 is 0 Å². The summed E-state index contributed by atoms with van der Waals surface area (Å²) < 4.78 is 38.0. The summed E-state index contributed by atoms with van der Waals surface area (Å²) in [6.07, 6.45) is 0.677. The van der Waals surface area contributed by atoms with Gasteiger partial charge in [-0.05, 0) is 30.0 Å². The van der Waals surface area contributed by atoms with Crippen molar-refractivity contribution in [2.24, 2.45) is 11.1 Å². The summed E-state index contributed by atoms with van der Waals surface area (Å²) in [6.45, 7) is 5.56. The van der Waals surface area contributed by atoms with E-state index in [2.05, 4.69) is 0 Å². The van der Waals surface area contributed by atoms with E-state index in [4.69, 9.17) is 15.2 Å². The highest BCUT2D eigenvalue weighted by Gasteiger charge is 2.45. The van der Waals surface area contributed by atoms with Crippen LogP contribution in [0.25, 0.3) is 0 Å². The molecule has 0 spiro atoms. The Hall–Kier alpha value is -2.70. The van der Waals surface area contributed by atoms with Gasteiger partial charge in [0, 0.05) is 18.4 Å². The lowest BCUT2D eigenvalue weighted by molar-refractivity contribution is -0.139. The molecule has 0 radical (unpaired) electrons. The fourth-order valence-electron chi connectivity index (χ4n) is 3.62. The summed E-state index contributed by atoms with van der Waals surface area (Å²) in [5.74, 6) is -3.87. The van der Waals surface area contributed by atoms with Crippen LogP contribution in [0.4, 0.5) is 8.78 Å². The Kier molecular flexibility index (Phi) is 4.80. The molecular weight excluding hydrogens is 356 g/mol. The molecule has 1 aromatic rings. The number of esters is 1. The van der Waals surface area contributed by atoms with Crippen LogP contribution < -0.4 is 5.73 Å². The average Bonchev–Trinajstić information content (AvgIpc) is 2.55. The molecule has 0 saturated carbocycles. The number of carbonyl (C=O) groups is 2. The minimum atomic E-state index is -1.08. The standard InChI is InChI=1S/C20H21F2NO4/c1-4-26-19(25)17-15(10-5-6-11(21)12(22)7-10)16-13(24)8-20(2,3)9-14(16)27-18(17)23/h5-7,15H,4,8-9,23H2,1-3H3. The van der Waals surface area contributed by atoms with E-state index in [9.17, 15) is 18.4 Å². The monoisotopic (exact) mass is 377 g/mol. The van der Waals surface area contributed by atoms with Gasteiger partial charge in [-0.25, -0.2) is 13.6 Å². The van der Waals surface area contributed by atoms with Crippen LogP contribution in [0.3, 0.4) is 0 Å². The Labute approximate surface area is 155 Å². The summed E-state index contributed by atoms with van der Waals surface area (Å²) in [5, 5.41) is 0. The molecule has 2 aliphatic rings. The number of rotatable bonds is 3. The Morgan fingerprint density at radius 3 is 2.63 bits per heavy atom. The molecule has 0 fully saturated rings. The number of ether oxygens (including phenoxy) is 2. The van der Waals surface area contributed by atoms with Gasteiger partial charge >= 0.3 is 5.97 Å². The Balaban J connectivity index is 2.20. The Bertz CT molecular complexity index is 886. The van der Waals surface area contributed by atoms with Gasteiger partial charge in [-0.3, -0.25) is 4.79 Å². The minimum absolute atomic E-state index is 0.0744. The minimum Gasteiger partial charge on any atom is -0.462 e. The van der Waals surface area contributed by atoms with Gasteiger partial charge in [-0.1, -0.05) is 19.9 Å². The lowest BCUT2D eigenvalue weighted by Gasteiger charge is -2.37. The van der Waals surface area contributed by atoms with Gasteiger partial charge in [-0.2, -0.15) is 0 Å². The highest BCUT2D eigenvalue weighted by Crippen LogP contribution is 2.48. The second-order valence-corrected chi connectivity index (χ2v) is 7.48. The molecule has 0 aromatic heterocycles. The topological polar surface area (TPSA) is 78.6 Å². The predicted octanol–water partition coefficient (Wildman–Crippen LogP) is 3.46. The van der Waals surface area contributed by atoms with E-state index >= 15 is 0 Å². The summed E-state index contributed by atoms with van der Waals surface area (Å²) >= 11 is 0. The highest BCUT2D eigenvalue weighted by atomic mass is 19.2. The van der Waals surface area contributed by atoms with Crippen LogP contribution in [0, 0.1) is 17.0 Å². The first kappa shape index (κ1) is 19.1. The maximum atomic E-state index is 13.9.